The molecule has 5 nitrogen and oxygen atoms in total. The Bertz CT molecular complexity index is 1050. The number of benzene rings is 3. The van der Waals surface area contributed by atoms with E-state index in [-0.39, 0.29) is 0 Å². The number of nitrogens with zero attached hydrogens (tertiary/aromatic N) is 1. The summed E-state index contributed by atoms with van der Waals surface area (Å²) in [5, 5.41) is 16.4. The molecule has 4 aromatic rings. The van der Waals surface area contributed by atoms with Gasteiger partial charge in [-0.25, -0.2) is 0 Å². The number of hydrogen-bond donors (Lipinski definition) is 2. The quantitative estimate of drug-likeness (QED) is 0.505. The minimum Gasteiger partial charge on any atom is -0.497 e. The van der Waals surface area contributed by atoms with Crippen molar-refractivity contribution >= 4 is 27.5 Å². The molecule has 2 N–H and O–H groups in total. The van der Waals surface area contributed by atoms with Crippen molar-refractivity contribution < 1.29 is 14.6 Å². The average Bonchev–Trinajstić information content (AvgIpc) is 3.06. The van der Waals surface area contributed by atoms with Gasteiger partial charge in [0.25, 0.3) is 0 Å². The van der Waals surface area contributed by atoms with E-state index >= 15 is 0 Å². The molecule has 1 heterocycles. The van der Waals surface area contributed by atoms with E-state index in [1.54, 1.807) is 14.2 Å². The summed E-state index contributed by atoms with van der Waals surface area (Å²) in [7, 11) is 3.24. The van der Waals surface area contributed by atoms with Gasteiger partial charge in [-0.15, -0.1) is 0 Å². The summed E-state index contributed by atoms with van der Waals surface area (Å²) in [6, 6.07) is 22.2. The number of nitrogens with one attached hydrogen (secondary N) is 1. The lowest BCUT2D eigenvalue weighted by Crippen LogP contribution is -2.25. The van der Waals surface area contributed by atoms with Gasteiger partial charge >= 0.3 is 0 Å². The molecule has 0 aliphatic heterocycles. The first-order valence-electron chi connectivity index (χ1n) is 9.31. The zero-order valence-electron chi connectivity index (χ0n) is 16.1. The molecule has 0 bridgehead atoms. The van der Waals surface area contributed by atoms with Crippen molar-refractivity contribution in [2.45, 2.75) is 12.6 Å². The van der Waals surface area contributed by atoms with E-state index in [0.717, 1.165) is 22.5 Å². The van der Waals surface area contributed by atoms with Crippen LogP contribution in [0.2, 0.25) is 0 Å². The summed E-state index contributed by atoms with van der Waals surface area (Å²) in [6.07, 6.45) is -0.564. The van der Waals surface area contributed by atoms with Gasteiger partial charge in [-0.2, -0.15) is 0 Å². The van der Waals surface area contributed by atoms with E-state index in [1.165, 1.54) is 10.8 Å². The molecule has 0 saturated heterocycles. The molecule has 4 rings (SSSR count). The molecule has 1 unspecified atom stereocenters. The second-order valence-electron chi connectivity index (χ2n) is 6.75. The minimum atomic E-state index is -0.564. The number of hydrogen-bond acceptors (Lipinski definition) is 4. The van der Waals surface area contributed by atoms with Gasteiger partial charge in [0.05, 0.1) is 32.6 Å². The van der Waals surface area contributed by atoms with E-state index in [2.05, 4.69) is 34.1 Å². The number of fused-ring (bicyclic) bond motifs is 3. The molecule has 0 amide bonds. The number of aliphatic hydroxyl groups excluding tert-OH is 1. The van der Waals surface area contributed by atoms with Crippen LogP contribution in [-0.4, -0.2) is 36.5 Å². The van der Waals surface area contributed by atoms with E-state index in [4.69, 9.17) is 9.47 Å². The SMILES string of the molecule is COc1ccc(NCC(O)Cn2c3ccccc3c3ccccc32)c(OC)c1. The lowest BCUT2D eigenvalue weighted by Gasteiger charge is -2.17. The van der Waals surface area contributed by atoms with E-state index < -0.39 is 6.10 Å². The van der Waals surface area contributed by atoms with E-state index in [0.29, 0.717) is 18.8 Å². The van der Waals surface area contributed by atoms with Crippen molar-refractivity contribution in [3.63, 3.8) is 0 Å². The van der Waals surface area contributed by atoms with Crippen LogP contribution in [0.3, 0.4) is 0 Å². The number of aliphatic hydroxyl groups is 1. The molecule has 0 aliphatic carbocycles. The third-order valence-corrected chi connectivity index (χ3v) is 5.01. The lowest BCUT2D eigenvalue weighted by atomic mass is 10.2. The summed E-state index contributed by atoms with van der Waals surface area (Å²) in [6.45, 7) is 0.906. The highest BCUT2D eigenvalue weighted by Gasteiger charge is 2.14. The van der Waals surface area contributed by atoms with Gasteiger partial charge in [-0.05, 0) is 24.3 Å². The molecule has 3 aromatic carbocycles. The molecule has 1 atom stereocenters. The van der Waals surface area contributed by atoms with Crippen molar-refractivity contribution in [1.82, 2.24) is 4.57 Å². The first-order valence-corrected chi connectivity index (χ1v) is 9.31. The van der Waals surface area contributed by atoms with Gasteiger partial charge in [0.2, 0.25) is 0 Å². The van der Waals surface area contributed by atoms with Crippen molar-refractivity contribution in [3.05, 3.63) is 66.7 Å². The fraction of sp³-hybridized carbons (Fsp3) is 0.217. The summed E-state index contributed by atoms with van der Waals surface area (Å²) < 4.78 is 12.8. The maximum Gasteiger partial charge on any atom is 0.145 e. The Morgan fingerprint density at radius 3 is 2.14 bits per heavy atom. The average molecular weight is 376 g/mol. The maximum atomic E-state index is 10.7. The van der Waals surface area contributed by atoms with Gasteiger partial charge < -0.3 is 24.5 Å². The Morgan fingerprint density at radius 2 is 1.54 bits per heavy atom. The van der Waals surface area contributed by atoms with Crippen LogP contribution in [0.1, 0.15) is 0 Å². The number of methoxy groups -OCH3 is 2. The highest BCUT2D eigenvalue weighted by Crippen LogP contribution is 2.30. The zero-order valence-corrected chi connectivity index (χ0v) is 16.1. The van der Waals surface area contributed by atoms with Crippen molar-refractivity contribution in [2.75, 3.05) is 26.1 Å². The van der Waals surface area contributed by atoms with Crippen LogP contribution in [0.15, 0.2) is 66.7 Å². The first-order chi connectivity index (χ1) is 13.7. The third kappa shape index (κ3) is 3.37. The van der Waals surface area contributed by atoms with Gasteiger partial charge in [-0.1, -0.05) is 36.4 Å². The van der Waals surface area contributed by atoms with Crippen LogP contribution in [0.5, 0.6) is 11.5 Å². The number of para-hydroxylation sites is 2. The van der Waals surface area contributed by atoms with Gasteiger partial charge in [0, 0.05) is 34.4 Å². The van der Waals surface area contributed by atoms with Gasteiger partial charge in [0.1, 0.15) is 11.5 Å². The highest BCUT2D eigenvalue weighted by atomic mass is 16.5. The Kier molecular flexibility index (Phi) is 5.08. The van der Waals surface area contributed by atoms with Gasteiger partial charge in [0.15, 0.2) is 0 Å². The zero-order chi connectivity index (χ0) is 19.5. The summed E-state index contributed by atoms with van der Waals surface area (Å²) in [4.78, 5) is 0. The predicted molar refractivity (Wildman–Crippen MR) is 113 cm³/mol. The maximum absolute atomic E-state index is 10.7. The van der Waals surface area contributed by atoms with Gasteiger partial charge in [-0.3, -0.25) is 0 Å². The van der Waals surface area contributed by atoms with E-state index in [1.807, 2.05) is 42.5 Å². The number of ether oxygens (including phenoxy) is 2. The number of anilines is 1. The Morgan fingerprint density at radius 1 is 0.893 bits per heavy atom. The predicted octanol–water partition coefficient (Wildman–Crippen LogP) is 4.28. The topological polar surface area (TPSA) is 55.6 Å². The second kappa shape index (κ2) is 7.82. The van der Waals surface area contributed by atoms with Crippen molar-refractivity contribution in [2.24, 2.45) is 0 Å². The fourth-order valence-corrected chi connectivity index (χ4v) is 3.65. The largest absolute Gasteiger partial charge is 0.497 e. The second-order valence-corrected chi connectivity index (χ2v) is 6.75. The van der Waals surface area contributed by atoms with E-state index in [9.17, 15) is 5.11 Å². The van der Waals surface area contributed by atoms with Crippen LogP contribution in [0.4, 0.5) is 5.69 Å². The molecule has 0 aliphatic rings. The van der Waals surface area contributed by atoms with Crippen LogP contribution in [0.25, 0.3) is 21.8 Å². The van der Waals surface area contributed by atoms with Crippen molar-refractivity contribution in [1.29, 1.82) is 0 Å². The van der Waals surface area contributed by atoms with Crippen LogP contribution >= 0.6 is 0 Å². The molecular formula is C23H24N2O3. The Hall–Kier alpha value is -3.18. The number of rotatable bonds is 7. The summed E-state index contributed by atoms with van der Waals surface area (Å²) in [5.74, 6) is 1.41. The molecule has 5 heteroatoms. The standard InChI is InChI=1S/C23H24N2O3/c1-27-17-11-12-20(23(13-17)28-2)24-14-16(26)15-25-21-9-5-3-7-18(21)19-8-4-6-10-22(19)25/h3-13,16,24,26H,14-15H2,1-2H3. The molecule has 1 aromatic heterocycles. The minimum absolute atomic E-state index is 0.406. The van der Waals surface area contributed by atoms with Crippen LogP contribution in [-0.2, 0) is 6.54 Å². The van der Waals surface area contributed by atoms with Crippen LogP contribution < -0.4 is 14.8 Å². The fourth-order valence-electron chi connectivity index (χ4n) is 3.65. The summed E-state index contributed by atoms with van der Waals surface area (Å²) >= 11 is 0. The molecule has 144 valence electrons. The molecule has 0 spiro atoms. The highest BCUT2D eigenvalue weighted by molar-refractivity contribution is 6.07. The Labute approximate surface area is 164 Å². The normalized spacial score (nSPS) is 12.2. The molecule has 0 saturated carbocycles. The summed E-state index contributed by atoms with van der Waals surface area (Å²) in [5.41, 5.74) is 3.08. The molecule has 0 radical (unpaired) electrons. The third-order valence-electron chi connectivity index (χ3n) is 5.01. The van der Waals surface area contributed by atoms with Crippen LogP contribution in [0, 0.1) is 0 Å². The van der Waals surface area contributed by atoms with Crippen molar-refractivity contribution in [3.8, 4) is 11.5 Å². The molecule has 28 heavy (non-hydrogen) atoms. The lowest BCUT2D eigenvalue weighted by molar-refractivity contribution is 0.169. The monoisotopic (exact) mass is 376 g/mol. The molecule has 0 fully saturated rings. The first kappa shape index (κ1) is 18.2. The number of aromatic nitrogens is 1. The smallest absolute Gasteiger partial charge is 0.145 e. The Balaban J connectivity index is 1.55. The molecular weight excluding hydrogens is 352 g/mol.